The highest BCUT2D eigenvalue weighted by Gasteiger charge is 1.96. The number of hydrogen-bond donors (Lipinski definition) is 0. The Morgan fingerprint density at radius 2 is 1.18 bits per heavy atom. The second-order valence-corrected chi connectivity index (χ2v) is 2.36. The minimum absolute atomic E-state index is 0. The van der Waals surface area contributed by atoms with Gasteiger partial charge in [-0.3, -0.25) is 0 Å². The van der Waals surface area contributed by atoms with Crippen LogP contribution in [0.15, 0.2) is 25.3 Å². The molecule has 0 spiro atoms. The lowest BCUT2D eigenvalue weighted by Gasteiger charge is -2.04. The maximum Gasteiger partial charge on any atom is 0.330 e. The molecule has 0 amide bonds. The zero-order valence-corrected chi connectivity index (χ0v) is 8.44. The Morgan fingerprint density at radius 3 is 1.47 bits per heavy atom. The first-order valence-electron chi connectivity index (χ1n) is 4.37. The predicted molar refractivity (Wildman–Crippen MR) is 66.6 cm³/mol. The summed E-state index contributed by atoms with van der Waals surface area (Å²) in [5.74, 6) is -0.978. The average Bonchev–Trinajstić information content (AvgIpc) is 2.26. The van der Waals surface area contributed by atoms with Gasteiger partial charge in [0, 0.05) is 12.2 Å². The van der Waals surface area contributed by atoms with Crippen molar-refractivity contribution < 1.29 is 23.8 Å². The van der Waals surface area contributed by atoms with Crippen LogP contribution in [0.25, 0.3) is 0 Å². The van der Waals surface area contributed by atoms with Crippen LogP contribution >= 0.6 is 0 Å². The van der Waals surface area contributed by atoms with Crippen LogP contribution in [-0.2, 0) is 23.8 Å². The molecule has 0 atom stereocenters. The molecule has 0 aliphatic heterocycles. The second kappa shape index (κ2) is 14.4. The molecule has 0 heterocycles. The van der Waals surface area contributed by atoms with Gasteiger partial charge >= 0.3 is 11.9 Å². The average molecular weight is 246 g/mol. The van der Waals surface area contributed by atoms with Crippen molar-refractivity contribution in [2.75, 3.05) is 26.4 Å². The Morgan fingerprint density at radius 1 is 0.824 bits per heavy atom. The van der Waals surface area contributed by atoms with E-state index in [1.165, 1.54) is 0 Å². The molecule has 0 aromatic rings. The summed E-state index contributed by atoms with van der Waals surface area (Å²) in [6.07, 6.45) is 2.15. The van der Waals surface area contributed by atoms with E-state index in [1.54, 1.807) is 0 Å². The van der Waals surface area contributed by atoms with Gasteiger partial charge in [-0.05, 0) is 0 Å². The third kappa shape index (κ3) is 14.4. The zero-order chi connectivity index (χ0) is 11.5. The molecule has 0 aliphatic rings. The minimum atomic E-state index is -0.489. The molecular weight excluding hydrogens is 224 g/mol. The van der Waals surface area contributed by atoms with Crippen molar-refractivity contribution in [3.63, 3.8) is 0 Å². The SMILES string of the molecule is C.C.C=CC(=O)OCCOCCOC(=O)C=C. The van der Waals surface area contributed by atoms with Gasteiger partial charge in [0.1, 0.15) is 13.2 Å². The van der Waals surface area contributed by atoms with E-state index < -0.39 is 11.9 Å². The molecule has 0 unspecified atom stereocenters. The normalized spacial score (nSPS) is 8.00. The molecule has 0 rings (SSSR count). The van der Waals surface area contributed by atoms with Crippen molar-refractivity contribution in [3.8, 4) is 0 Å². The van der Waals surface area contributed by atoms with Gasteiger partial charge < -0.3 is 14.2 Å². The van der Waals surface area contributed by atoms with Gasteiger partial charge in [0.15, 0.2) is 0 Å². The van der Waals surface area contributed by atoms with E-state index in [-0.39, 0.29) is 41.3 Å². The summed E-state index contributed by atoms with van der Waals surface area (Å²) in [4.78, 5) is 21.1. The summed E-state index contributed by atoms with van der Waals surface area (Å²) in [6.45, 7) is 7.29. The highest BCUT2D eigenvalue weighted by atomic mass is 16.6. The van der Waals surface area contributed by atoms with Crippen LogP contribution in [0.3, 0.4) is 0 Å². The van der Waals surface area contributed by atoms with Crippen LogP contribution in [0, 0.1) is 0 Å². The van der Waals surface area contributed by atoms with Crippen LogP contribution in [-0.4, -0.2) is 38.4 Å². The summed E-state index contributed by atoms with van der Waals surface area (Å²) in [5, 5.41) is 0. The first-order valence-corrected chi connectivity index (χ1v) is 4.37. The van der Waals surface area contributed by atoms with E-state index in [9.17, 15) is 9.59 Å². The second-order valence-electron chi connectivity index (χ2n) is 2.36. The highest BCUT2D eigenvalue weighted by Crippen LogP contribution is 1.83. The Labute approximate surface area is 103 Å². The molecule has 5 nitrogen and oxygen atoms in total. The van der Waals surface area contributed by atoms with Crippen molar-refractivity contribution in [1.29, 1.82) is 0 Å². The van der Waals surface area contributed by atoms with Crippen LogP contribution < -0.4 is 0 Å². The number of ether oxygens (including phenoxy) is 3. The van der Waals surface area contributed by atoms with Crippen LogP contribution in [0.5, 0.6) is 0 Å². The van der Waals surface area contributed by atoms with Crippen molar-refractivity contribution in [1.82, 2.24) is 0 Å². The fraction of sp³-hybridized carbons (Fsp3) is 0.500. The molecule has 0 aromatic heterocycles. The molecule has 0 bridgehead atoms. The molecule has 0 saturated heterocycles. The van der Waals surface area contributed by atoms with Crippen molar-refractivity contribution in [2.45, 2.75) is 14.9 Å². The van der Waals surface area contributed by atoms with Crippen molar-refractivity contribution in [3.05, 3.63) is 25.3 Å². The summed E-state index contributed by atoms with van der Waals surface area (Å²) < 4.78 is 14.3. The number of carbonyl (C=O) groups is 2. The third-order valence-electron chi connectivity index (χ3n) is 1.28. The van der Waals surface area contributed by atoms with Gasteiger partial charge in [-0.2, -0.15) is 0 Å². The van der Waals surface area contributed by atoms with E-state index in [0.29, 0.717) is 0 Å². The molecule has 0 fully saturated rings. The van der Waals surface area contributed by atoms with Gasteiger partial charge in [-0.1, -0.05) is 28.0 Å². The molecule has 0 saturated carbocycles. The Bertz CT molecular complexity index is 211. The number of carbonyl (C=O) groups excluding carboxylic acids is 2. The van der Waals surface area contributed by atoms with Gasteiger partial charge in [0.05, 0.1) is 13.2 Å². The van der Waals surface area contributed by atoms with Gasteiger partial charge in [0.2, 0.25) is 0 Å². The quantitative estimate of drug-likeness (QED) is 0.371. The minimum Gasteiger partial charge on any atom is -0.460 e. The van der Waals surface area contributed by atoms with Gasteiger partial charge in [-0.15, -0.1) is 0 Å². The largest absolute Gasteiger partial charge is 0.460 e. The molecule has 17 heavy (non-hydrogen) atoms. The first-order chi connectivity index (χ1) is 7.20. The third-order valence-corrected chi connectivity index (χ3v) is 1.28. The molecule has 0 aromatic carbocycles. The molecule has 100 valence electrons. The monoisotopic (exact) mass is 246 g/mol. The summed E-state index contributed by atoms with van der Waals surface area (Å²) >= 11 is 0. The van der Waals surface area contributed by atoms with E-state index in [2.05, 4.69) is 22.6 Å². The summed E-state index contributed by atoms with van der Waals surface area (Å²) in [7, 11) is 0. The van der Waals surface area contributed by atoms with E-state index in [4.69, 9.17) is 4.74 Å². The summed E-state index contributed by atoms with van der Waals surface area (Å²) in [6, 6.07) is 0. The zero-order valence-electron chi connectivity index (χ0n) is 8.44. The Kier molecular flexibility index (Phi) is 17.6. The molecule has 0 radical (unpaired) electrons. The lowest BCUT2D eigenvalue weighted by molar-refractivity contribution is -0.140. The lowest BCUT2D eigenvalue weighted by atomic mass is 10.6. The Balaban J connectivity index is -0.000000980. The van der Waals surface area contributed by atoms with E-state index in [0.717, 1.165) is 12.2 Å². The van der Waals surface area contributed by atoms with E-state index >= 15 is 0 Å². The van der Waals surface area contributed by atoms with E-state index in [1.807, 2.05) is 0 Å². The lowest BCUT2D eigenvalue weighted by Crippen LogP contribution is -2.12. The van der Waals surface area contributed by atoms with Crippen LogP contribution in [0.4, 0.5) is 0 Å². The van der Waals surface area contributed by atoms with Crippen molar-refractivity contribution in [2.24, 2.45) is 0 Å². The Hall–Kier alpha value is -1.62. The van der Waals surface area contributed by atoms with Gasteiger partial charge in [-0.25, -0.2) is 9.59 Å². The predicted octanol–water partition coefficient (Wildman–Crippen LogP) is 1.73. The standard InChI is InChI=1S/C10H14O5.2CH4/c1-3-9(11)14-7-5-13-6-8-15-10(12)4-2;;/h3-4H,1-2,5-8H2;2*1H4. The molecule has 0 aliphatic carbocycles. The maximum atomic E-state index is 10.6. The number of esters is 2. The van der Waals surface area contributed by atoms with Crippen LogP contribution in [0.2, 0.25) is 0 Å². The van der Waals surface area contributed by atoms with Crippen molar-refractivity contribution >= 4 is 11.9 Å². The smallest absolute Gasteiger partial charge is 0.330 e. The maximum absolute atomic E-state index is 10.6. The van der Waals surface area contributed by atoms with Gasteiger partial charge in [0.25, 0.3) is 0 Å². The number of hydrogen-bond acceptors (Lipinski definition) is 5. The fourth-order valence-electron chi connectivity index (χ4n) is 0.622. The topological polar surface area (TPSA) is 61.8 Å². The molecular formula is C12H22O5. The summed E-state index contributed by atoms with van der Waals surface area (Å²) in [5.41, 5.74) is 0. The number of rotatable bonds is 8. The first kappa shape index (κ1) is 20.8. The van der Waals surface area contributed by atoms with Crippen LogP contribution in [0.1, 0.15) is 14.9 Å². The molecule has 0 N–H and O–H groups in total. The molecule has 5 heteroatoms. The fourth-order valence-corrected chi connectivity index (χ4v) is 0.622. The highest BCUT2D eigenvalue weighted by molar-refractivity contribution is 5.81.